The van der Waals surface area contributed by atoms with E-state index < -0.39 is 0 Å². The highest BCUT2D eigenvalue weighted by molar-refractivity contribution is 5.83. The minimum atomic E-state index is 0.117. The van der Waals surface area contributed by atoms with Gasteiger partial charge in [0.15, 0.2) is 0 Å². The molecule has 3 nitrogen and oxygen atoms in total. The summed E-state index contributed by atoms with van der Waals surface area (Å²) in [4.78, 5) is 3.21. The van der Waals surface area contributed by atoms with Crippen LogP contribution in [-0.4, -0.2) is 11.5 Å². The van der Waals surface area contributed by atoms with Crippen molar-refractivity contribution in [3.8, 4) is 0 Å². The van der Waals surface area contributed by atoms with Crippen molar-refractivity contribution < 1.29 is 0 Å². The Hall–Kier alpha value is -1.32. The molecule has 1 aromatic heterocycles. The average molecular weight is 217 g/mol. The predicted molar refractivity (Wildman–Crippen MR) is 68.1 cm³/mol. The van der Waals surface area contributed by atoms with Crippen LogP contribution in [0.3, 0.4) is 0 Å². The largest absolute Gasteiger partial charge is 0.361 e. The maximum absolute atomic E-state index is 6.21. The summed E-state index contributed by atoms with van der Waals surface area (Å²) in [7, 11) is 0. The summed E-state index contributed by atoms with van der Waals surface area (Å²) in [6, 6.07) is 8.45. The second-order valence-corrected chi connectivity index (χ2v) is 4.18. The van der Waals surface area contributed by atoms with E-state index in [1.807, 2.05) is 6.20 Å². The normalized spacial score (nSPS) is 13.1. The first kappa shape index (κ1) is 11.2. The van der Waals surface area contributed by atoms with Crippen molar-refractivity contribution >= 4 is 10.9 Å². The van der Waals surface area contributed by atoms with Gasteiger partial charge < -0.3 is 16.5 Å². The molecule has 0 aliphatic carbocycles. The molecule has 0 saturated heterocycles. The van der Waals surface area contributed by atoms with E-state index in [9.17, 15) is 0 Å². The summed E-state index contributed by atoms with van der Waals surface area (Å²) in [6.45, 7) is 0.751. The molecule has 0 aliphatic heterocycles. The fraction of sp³-hybridized carbons (Fsp3) is 0.385. The summed E-state index contributed by atoms with van der Waals surface area (Å²) < 4.78 is 0. The van der Waals surface area contributed by atoms with Crippen molar-refractivity contribution in [2.45, 2.75) is 25.3 Å². The molecule has 0 aliphatic rings. The minimum absolute atomic E-state index is 0.117. The van der Waals surface area contributed by atoms with E-state index in [1.54, 1.807) is 0 Å². The van der Waals surface area contributed by atoms with Gasteiger partial charge >= 0.3 is 0 Å². The summed E-state index contributed by atoms with van der Waals surface area (Å²) >= 11 is 0. The summed E-state index contributed by atoms with van der Waals surface area (Å²) in [6.07, 6.45) is 5.11. The maximum Gasteiger partial charge on any atom is 0.0457 e. The van der Waals surface area contributed by atoms with Gasteiger partial charge in [-0.3, -0.25) is 0 Å². The molecule has 0 spiro atoms. The van der Waals surface area contributed by atoms with Crippen LogP contribution < -0.4 is 11.5 Å². The molecule has 1 heterocycles. The van der Waals surface area contributed by atoms with Crippen LogP contribution in [0, 0.1) is 0 Å². The van der Waals surface area contributed by atoms with E-state index >= 15 is 0 Å². The molecule has 0 amide bonds. The SMILES string of the molecule is NCCCC[C@@H](N)c1cccc2[nH]ccc12. The zero-order valence-corrected chi connectivity index (χ0v) is 9.45. The number of rotatable bonds is 5. The molecule has 0 radical (unpaired) electrons. The van der Waals surface area contributed by atoms with Crippen LogP contribution in [0.15, 0.2) is 30.5 Å². The number of aromatic nitrogens is 1. The predicted octanol–water partition coefficient (Wildman–Crippen LogP) is 2.30. The van der Waals surface area contributed by atoms with E-state index in [0.717, 1.165) is 31.3 Å². The van der Waals surface area contributed by atoms with E-state index in [-0.39, 0.29) is 6.04 Å². The van der Waals surface area contributed by atoms with Gasteiger partial charge in [-0.05, 0) is 37.1 Å². The van der Waals surface area contributed by atoms with Crippen molar-refractivity contribution in [3.05, 3.63) is 36.0 Å². The second kappa shape index (κ2) is 5.14. The molecule has 0 saturated carbocycles. The monoisotopic (exact) mass is 217 g/mol. The topological polar surface area (TPSA) is 67.8 Å². The molecular formula is C13H19N3. The molecular weight excluding hydrogens is 198 g/mol. The Bertz CT molecular complexity index is 447. The molecule has 5 N–H and O–H groups in total. The fourth-order valence-electron chi connectivity index (χ4n) is 2.10. The standard InChI is InChI=1S/C13H19N3/c14-8-2-1-5-12(15)10-4-3-6-13-11(10)7-9-16-13/h3-4,6-7,9,12,16H,1-2,5,8,14-15H2/t12-/m1/s1. The Balaban J connectivity index is 2.15. The van der Waals surface area contributed by atoms with E-state index in [0.29, 0.717) is 0 Å². The van der Waals surface area contributed by atoms with Crippen LogP contribution in [0.25, 0.3) is 10.9 Å². The van der Waals surface area contributed by atoms with Gasteiger partial charge in [-0.15, -0.1) is 0 Å². The average Bonchev–Trinajstić information content (AvgIpc) is 2.76. The Kier molecular flexibility index (Phi) is 3.59. The first-order chi connectivity index (χ1) is 7.83. The number of hydrogen-bond donors (Lipinski definition) is 3. The van der Waals surface area contributed by atoms with E-state index in [4.69, 9.17) is 11.5 Å². The van der Waals surface area contributed by atoms with Gasteiger partial charge in [-0.25, -0.2) is 0 Å². The molecule has 1 aromatic carbocycles. The third kappa shape index (κ3) is 2.26. The Morgan fingerprint density at radius 1 is 1.19 bits per heavy atom. The van der Waals surface area contributed by atoms with Crippen molar-refractivity contribution in [1.29, 1.82) is 0 Å². The number of hydrogen-bond acceptors (Lipinski definition) is 2. The first-order valence-corrected chi connectivity index (χ1v) is 5.84. The highest BCUT2D eigenvalue weighted by atomic mass is 14.7. The van der Waals surface area contributed by atoms with Crippen molar-refractivity contribution in [1.82, 2.24) is 4.98 Å². The lowest BCUT2D eigenvalue weighted by molar-refractivity contribution is 0.594. The lowest BCUT2D eigenvalue weighted by Crippen LogP contribution is -2.11. The molecule has 2 rings (SSSR count). The Morgan fingerprint density at radius 2 is 2.06 bits per heavy atom. The molecule has 0 unspecified atom stereocenters. The smallest absolute Gasteiger partial charge is 0.0457 e. The first-order valence-electron chi connectivity index (χ1n) is 5.84. The van der Waals surface area contributed by atoms with Gasteiger partial charge in [-0.2, -0.15) is 0 Å². The molecule has 1 atom stereocenters. The Morgan fingerprint density at radius 3 is 2.88 bits per heavy atom. The summed E-state index contributed by atoms with van der Waals surface area (Å²) in [5.74, 6) is 0. The van der Waals surface area contributed by atoms with Crippen molar-refractivity contribution in [3.63, 3.8) is 0 Å². The molecule has 0 fully saturated rings. The number of fused-ring (bicyclic) bond motifs is 1. The highest BCUT2D eigenvalue weighted by Crippen LogP contribution is 2.25. The van der Waals surface area contributed by atoms with E-state index in [2.05, 4.69) is 29.2 Å². The van der Waals surface area contributed by atoms with Crippen LogP contribution >= 0.6 is 0 Å². The molecule has 3 heteroatoms. The number of aromatic amines is 1. The highest BCUT2D eigenvalue weighted by Gasteiger charge is 2.09. The summed E-state index contributed by atoms with van der Waals surface area (Å²) in [5, 5.41) is 1.24. The lowest BCUT2D eigenvalue weighted by Gasteiger charge is -2.12. The van der Waals surface area contributed by atoms with E-state index in [1.165, 1.54) is 10.9 Å². The lowest BCUT2D eigenvalue weighted by atomic mass is 9.99. The maximum atomic E-state index is 6.21. The van der Waals surface area contributed by atoms with Crippen LogP contribution in [0.5, 0.6) is 0 Å². The zero-order chi connectivity index (χ0) is 11.4. The quantitative estimate of drug-likeness (QED) is 0.673. The van der Waals surface area contributed by atoms with Gasteiger partial charge in [0.05, 0.1) is 0 Å². The second-order valence-electron chi connectivity index (χ2n) is 4.18. The number of H-pyrrole nitrogens is 1. The van der Waals surface area contributed by atoms with Gasteiger partial charge in [0.25, 0.3) is 0 Å². The van der Waals surface area contributed by atoms with Gasteiger partial charge in [-0.1, -0.05) is 18.6 Å². The van der Waals surface area contributed by atoms with Crippen LogP contribution in [-0.2, 0) is 0 Å². The number of benzene rings is 1. The molecule has 16 heavy (non-hydrogen) atoms. The third-order valence-corrected chi connectivity index (χ3v) is 3.00. The van der Waals surface area contributed by atoms with Gasteiger partial charge in [0.2, 0.25) is 0 Å². The Labute approximate surface area is 95.8 Å². The number of nitrogens with two attached hydrogens (primary N) is 2. The molecule has 0 bridgehead atoms. The van der Waals surface area contributed by atoms with Crippen LogP contribution in [0.1, 0.15) is 30.9 Å². The zero-order valence-electron chi connectivity index (χ0n) is 9.45. The minimum Gasteiger partial charge on any atom is -0.361 e. The van der Waals surface area contributed by atoms with Gasteiger partial charge in [0.1, 0.15) is 0 Å². The molecule has 2 aromatic rings. The van der Waals surface area contributed by atoms with Crippen molar-refractivity contribution in [2.75, 3.05) is 6.54 Å². The third-order valence-electron chi connectivity index (χ3n) is 3.00. The van der Waals surface area contributed by atoms with Crippen LogP contribution in [0.4, 0.5) is 0 Å². The van der Waals surface area contributed by atoms with Gasteiger partial charge in [0, 0.05) is 23.1 Å². The molecule has 86 valence electrons. The fourth-order valence-corrected chi connectivity index (χ4v) is 2.10. The number of unbranched alkanes of at least 4 members (excludes halogenated alkanes) is 1. The number of nitrogens with one attached hydrogen (secondary N) is 1. The summed E-state index contributed by atoms with van der Waals surface area (Å²) in [5.41, 5.74) is 14.1. The van der Waals surface area contributed by atoms with Crippen LogP contribution in [0.2, 0.25) is 0 Å². The van der Waals surface area contributed by atoms with Crippen molar-refractivity contribution in [2.24, 2.45) is 11.5 Å².